The lowest BCUT2D eigenvalue weighted by molar-refractivity contribution is -0.275. The third kappa shape index (κ3) is 5.46. The zero-order valence-corrected chi connectivity index (χ0v) is 10.5. The molecule has 0 saturated carbocycles. The number of unbranched alkanes of at least 4 members (excludes halogenated alkanes) is 1. The van der Waals surface area contributed by atoms with Gasteiger partial charge >= 0.3 is 6.36 Å². The molecule has 0 aromatic heterocycles. The minimum atomic E-state index is -4.97. The summed E-state index contributed by atoms with van der Waals surface area (Å²) in [5, 5.41) is 0. The second-order valence-corrected chi connectivity index (χ2v) is 4.14. The number of ether oxygens (including phenoxy) is 1. The van der Waals surface area contributed by atoms with Crippen LogP contribution >= 0.6 is 11.6 Å². The van der Waals surface area contributed by atoms with E-state index in [-0.39, 0.29) is 17.8 Å². The Morgan fingerprint density at radius 2 is 1.95 bits per heavy atom. The number of carbonyl (C=O) groups is 1. The predicted octanol–water partition coefficient (Wildman–Crippen LogP) is 4.32. The fourth-order valence-corrected chi connectivity index (χ4v) is 1.60. The van der Waals surface area contributed by atoms with Crippen LogP contribution < -0.4 is 4.74 Å². The minimum absolute atomic E-state index is 0.0154. The largest absolute Gasteiger partial charge is 0.573 e. The lowest BCUT2D eigenvalue weighted by Gasteiger charge is -2.10. The number of rotatable bonds is 6. The molecule has 0 aliphatic heterocycles. The van der Waals surface area contributed by atoms with Crippen molar-refractivity contribution in [1.29, 1.82) is 0 Å². The normalized spacial score (nSPS) is 11.4. The molecule has 0 bridgehead atoms. The molecule has 1 aromatic carbocycles. The molecule has 106 valence electrons. The van der Waals surface area contributed by atoms with Crippen molar-refractivity contribution in [3.8, 4) is 5.75 Å². The molecule has 0 aliphatic rings. The molecule has 0 spiro atoms. The van der Waals surface area contributed by atoms with E-state index >= 15 is 0 Å². The monoisotopic (exact) mass is 298 g/mol. The highest BCUT2D eigenvalue weighted by atomic mass is 35.5. The highest BCUT2D eigenvalue weighted by molar-refractivity contribution is 6.17. The second-order valence-electron chi connectivity index (χ2n) is 3.76. The molecular weight excluding hydrogens is 288 g/mol. The van der Waals surface area contributed by atoms with E-state index in [1.54, 1.807) is 0 Å². The number of benzene rings is 1. The van der Waals surface area contributed by atoms with Gasteiger partial charge in [-0.25, -0.2) is 4.39 Å². The number of halogens is 5. The first kappa shape index (κ1) is 15.8. The van der Waals surface area contributed by atoms with Crippen molar-refractivity contribution in [1.82, 2.24) is 0 Å². The third-order valence-electron chi connectivity index (χ3n) is 2.27. The van der Waals surface area contributed by atoms with E-state index in [4.69, 9.17) is 11.6 Å². The minimum Gasteiger partial charge on any atom is -0.403 e. The van der Waals surface area contributed by atoms with E-state index in [0.29, 0.717) is 18.7 Å². The van der Waals surface area contributed by atoms with Gasteiger partial charge in [0.25, 0.3) is 0 Å². The van der Waals surface area contributed by atoms with Crippen molar-refractivity contribution in [3.63, 3.8) is 0 Å². The Labute approximate surface area is 112 Å². The van der Waals surface area contributed by atoms with Crippen LogP contribution in [0.1, 0.15) is 29.6 Å². The Balaban J connectivity index is 2.73. The Bertz CT molecular complexity index is 446. The van der Waals surface area contributed by atoms with Crippen LogP contribution in [-0.4, -0.2) is 18.0 Å². The molecule has 2 nitrogen and oxygen atoms in total. The molecule has 0 unspecified atom stereocenters. The lowest BCUT2D eigenvalue weighted by Crippen LogP contribution is -2.18. The molecule has 0 heterocycles. The fourth-order valence-electron chi connectivity index (χ4n) is 1.41. The van der Waals surface area contributed by atoms with Gasteiger partial charge in [0.2, 0.25) is 0 Å². The second kappa shape index (κ2) is 6.75. The van der Waals surface area contributed by atoms with Crippen molar-refractivity contribution < 1.29 is 27.1 Å². The Kier molecular flexibility index (Phi) is 5.60. The van der Waals surface area contributed by atoms with E-state index in [1.807, 2.05) is 0 Å². The van der Waals surface area contributed by atoms with Crippen molar-refractivity contribution >= 4 is 17.4 Å². The van der Waals surface area contributed by atoms with Gasteiger partial charge in [-0.05, 0) is 31.0 Å². The van der Waals surface area contributed by atoms with Crippen LogP contribution in [0.5, 0.6) is 5.75 Å². The van der Waals surface area contributed by atoms with Crippen LogP contribution in [0.3, 0.4) is 0 Å². The molecule has 0 amide bonds. The summed E-state index contributed by atoms with van der Waals surface area (Å²) >= 11 is 5.44. The van der Waals surface area contributed by atoms with Crippen molar-refractivity contribution in [2.45, 2.75) is 25.6 Å². The number of Topliss-reactive ketones (excluding diaryl/α,β-unsaturated/α-hetero) is 1. The average Bonchev–Trinajstić information content (AvgIpc) is 2.30. The summed E-state index contributed by atoms with van der Waals surface area (Å²) in [5.74, 6) is -2.10. The van der Waals surface area contributed by atoms with Gasteiger partial charge in [0.1, 0.15) is 0 Å². The van der Waals surface area contributed by atoms with Crippen molar-refractivity contribution in [2.75, 3.05) is 5.88 Å². The van der Waals surface area contributed by atoms with Gasteiger partial charge in [-0.1, -0.05) is 0 Å². The van der Waals surface area contributed by atoms with Gasteiger partial charge in [0.05, 0.1) is 0 Å². The Morgan fingerprint density at radius 1 is 1.26 bits per heavy atom. The third-order valence-corrected chi connectivity index (χ3v) is 2.53. The summed E-state index contributed by atoms with van der Waals surface area (Å²) in [4.78, 5) is 11.6. The van der Waals surface area contributed by atoms with Crippen LogP contribution in [0.2, 0.25) is 0 Å². The number of alkyl halides is 4. The first-order valence-electron chi connectivity index (χ1n) is 5.48. The summed E-state index contributed by atoms with van der Waals surface area (Å²) in [6.45, 7) is 0. The van der Waals surface area contributed by atoms with Gasteiger partial charge in [-0.3, -0.25) is 4.79 Å². The quantitative estimate of drug-likeness (QED) is 0.338. The summed E-state index contributed by atoms with van der Waals surface area (Å²) in [6.07, 6.45) is -3.60. The maximum Gasteiger partial charge on any atom is 0.573 e. The summed E-state index contributed by atoms with van der Waals surface area (Å²) < 4.78 is 52.5. The van der Waals surface area contributed by atoms with Crippen LogP contribution in [-0.2, 0) is 0 Å². The van der Waals surface area contributed by atoms with Gasteiger partial charge in [-0.2, -0.15) is 0 Å². The fraction of sp³-hybridized carbons (Fsp3) is 0.417. The standard InChI is InChI=1S/C12H11ClF4O2/c13-6-2-1-3-10(18)8-4-5-11(9(14)7-8)19-12(15,16)17/h4-5,7H,1-3,6H2. The molecule has 0 atom stereocenters. The maximum absolute atomic E-state index is 13.3. The van der Waals surface area contributed by atoms with Crippen molar-refractivity contribution in [3.05, 3.63) is 29.6 Å². The molecule has 0 N–H and O–H groups in total. The average molecular weight is 299 g/mol. The summed E-state index contributed by atoms with van der Waals surface area (Å²) in [5.41, 5.74) is 0.0154. The zero-order valence-electron chi connectivity index (χ0n) is 9.77. The first-order valence-corrected chi connectivity index (χ1v) is 6.01. The maximum atomic E-state index is 13.3. The van der Waals surface area contributed by atoms with Gasteiger partial charge < -0.3 is 4.74 Å². The predicted molar refractivity (Wildman–Crippen MR) is 62.0 cm³/mol. The molecule has 19 heavy (non-hydrogen) atoms. The molecule has 1 rings (SSSR count). The Hall–Kier alpha value is -1.30. The zero-order chi connectivity index (χ0) is 14.5. The van der Waals surface area contributed by atoms with E-state index in [0.717, 1.165) is 18.2 Å². The molecule has 0 fully saturated rings. The van der Waals surface area contributed by atoms with E-state index in [1.165, 1.54) is 0 Å². The molecule has 7 heteroatoms. The van der Waals surface area contributed by atoms with E-state index < -0.39 is 17.9 Å². The van der Waals surface area contributed by atoms with E-state index in [9.17, 15) is 22.4 Å². The Morgan fingerprint density at radius 3 is 2.47 bits per heavy atom. The highest BCUT2D eigenvalue weighted by Gasteiger charge is 2.32. The smallest absolute Gasteiger partial charge is 0.403 e. The van der Waals surface area contributed by atoms with Crippen LogP contribution in [0.4, 0.5) is 17.6 Å². The summed E-state index contributed by atoms with van der Waals surface area (Å²) in [6, 6.07) is 2.63. The number of carbonyl (C=O) groups excluding carboxylic acids is 1. The number of hydrogen-bond acceptors (Lipinski definition) is 2. The van der Waals surface area contributed by atoms with Gasteiger partial charge in [0, 0.05) is 17.9 Å². The highest BCUT2D eigenvalue weighted by Crippen LogP contribution is 2.26. The van der Waals surface area contributed by atoms with Crippen LogP contribution in [0.15, 0.2) is 18.2 Å². The summed E-state index contributed by atoms with van der Waals surface area (Å²) in [7, 11) is 0. The molecule has 0 saturated heterocycles. The molecular formula is C12H11ClF4O2. The molecule has 0 radical (unpaired) electrons. The SMILES string of the molecule is O=C(CCCCCl)c1ccc(OC(F)(F)F)c(F)c1. The van der Waals surface area contributed by atoms with Gasteiger partial charge in [-0.15, -0.1) is 24.8 Å². The van der Waals surface area contributed by atoms with Crippen molar-refractivity contribution in [2.24, 2.45) is 0 Å². The topological polar surface area (TPSA) is 26.3 Å². The first-order chi connectivity index (χ1) is 8.83. The van der Waals surface area contributed by atoms with Crippen LogP contribution in [0, 0.1) is 5.82 Å². The van der Waals surface area contributed by atoms with Crippen LogP contribution in [0.25, 0.3) is 0 Å². The molecule has 1 aromatic rings. The number of hydrogen-bond donors (Lipinski definition) is 0. The van der Waals surface area contributed by atoms with E-state index in [2.05, 4.69) is 4.74 Å². The molecule has 0 aliphatic carbocycles. The van der Waals surface area contributed by atoms with Gasteiger partial charge in [0.15, 0.2) is 17.3 Å². The lowest BCUT2D eigenvalue weighted by atomic mass is 10.1. The number of ketones is 1.